The topological polar surface area (TPSA) is 61.7 Å². The van der Waals surface area contributed by atoms with Crippen molar-refractivity contribution in [1.82, 2.24) is 0 Å². The van der Waals surface area contributed by atoms with Crippen LogP contribution in [0.15, 0.2) is 36.4 Å². The Morgan fingerprint density at radius 2 is 1.69 bits per heavy atom. The zero-order valence-electron chi connectivity index (χ0n) is 8.27. The zero-order chi connectivity index (χ0) is 11.1. The Balaban J connectivity index is 2.19. The van der Waals surface area contributed by atoms with E-state index in [1.54, 1.807) is 6.07 Å². The van der Waals surface area contributed by atoms with Crippen LogP contribution in [0.5, 0.6) is 23.0 Å². The average molecular weight is 215 g/mol. The van der Waals surface area contributed by atoms with Crippen molar-refractivity contribution in [1.29, 1.82) is 0 Å². The van der Waals surface area contributed by atoms with Crippen LogP contribution < -0.4 is 10.1 Å². The molecule has 3 rings (SSSR count). The number of fused-ring (bicyclic) bond motifs is 2. The molecule has 1 aliphatic rings. The van der Waals surface area contributed by atoms with Crippen molar-refractivity contribution >= 4 is 11.4 Å². The standard InChI is InChI=1S/C12H9NO3/c14-8-5-6-9(15)12-11(8)13-7-3-1-2-4-10(7)16-12/h1-6,13-15H. The number of hydrogen-bond donors (Lipinski definition) is 3. The summed E-state index contributed by atoms with van der Waals surface area (Å²) >= 11 is 0. The van der Waals surface area contributed by atoms with Gasteiger partial charge in [0.05, 0.1) is 5.69 Å². The van der Waals surface area contributed by atoms with Gasteiger partial charge in [-0.05, 0) is 24.3 Å². The van der Waals surface area contributed by atoms with E-state index in [0.29, 0.717) is 11.4 Å². The third-order valence-corrected chi connectivity index (χ3v) is 2.47. The van der Waals surface area contributed by atoms with E-state index in [-0.39, 0.29) is 17.2 Å². The molecule has 0 saturated heterocycles. The molecule has 0 aliphatic carbocycles. The molecule has 0 spiro atoms. The highest BCUT2D eigenvalue weighted by Crippen LogP contribution is 2.50. The molecule has 0 bridgehead atoms. The predicted molar refractivity (Wildman–Crippen MR) is 59.6 cm³/mol. The van der Waals surface area contributed by atoms with E-state index in [1.807, 2.05) is 18.2 Å². The van der Waals surface area contributed by atoms with Crippen molar-refractivity contribution in [3.63, 3.8) is 0 Å². The monoisotopic (exact) mass is 215 g/mol. The van der Waals surface area contributed by atoms with Gasteiger partial charge in [-0.15, -0.1) is 0 Å². The summed E-state index contributed by atoms with van der Waals surface area (Å²) in [5.74, 6) is 0.909. The fourth-order valence-corrected chi connectivity index (χ4v) is 1.69. The summed E-state index contributed by atoms with van der Waals surface area (Å²) in [6.07, 6.45) is 0. The second-order valence-corrected chi connectivity index (χ2v) is 3.53. The van der Waals surface area contributed by atoms with Crippen LogP contribution >= 0.6 is 0 Å². The minimum absolute atomic E-state index is 0.00481. The van der Waals surface area contributed by atoms with Crippen LogP contribution in [0, 0.1) is 0 Å². The second-order valence-electron chi connectivity index (χ2n) is 3.53. The van der Waals surface area contributed by atoms with Crippen LogP contribution in [0.4, 0.5) is 11.4 Å². The van der Waals surface area contributed by atoms with Crippen molar-refractivity contribution in [3.8, 4) is 23.0 Å². The molecule has 4 heteroatoms. The van der Waals surface area contributed by atoms with Crippen molar-refractivity contribution in [2.45, 2.75) is 0 Å². The normalized spacial score (nSPS) is 12.0. The van der Waals surface area contributed by atoms with Gasteiger partial charge in [-0.3, -0.25) is 0 Å². The maximum absolute atomic E-state index is 9.65. The number of phenols is 2. The number of nitrogens with one attached hydrogen (secondary N) is 1. The van der Waals surface area contributed by atoms with E-state index in [0.717, 1.165) is 5.69 Å². The number of rotatable bonds is 0. The van der Waals surface area contributed by atoms with E-state index in [9.17, 15) is 10.2 Å². The molecule has 0 amide bonds. The molecule has 1 heterocycles. The molecule has 80 valence electrons. The minimum Gasteiger partial charge on any atom is -0.506 e. The molecule has 3 N–H and O–H groups in total. The fraction of sp³-hybridized carbons (Fsp3) is 0. The summed E-state index contributed by atoms with van der Waals surface area (Å²) in [4.78, 5) is 0. The summed E-state index contributed by atoms with van der Waals surface area (Å²) in [5.41, 5.74) is 1.15. The van der Waals surface area contributed by atoms with Gasteiger partial charge in [0.2, 0.25) is 0 Å². The molecule has 4 nitrogen and oxygen atoms in total. The van der Waals surface area contributed by atoms with Gasteiger partial charge in [0.15, 0.2) is 17.2 Å². The highest BCUT2D eigenvalue weighted by molar-refractivity contribution is 5.81. The Morgan fingerprint density at radius 3 is 2.56 bits per heavy atom. The first-order chi connectivity index (χ1) is 7.75. The first kappa shape index (κ1) is 8.91. The Hall–Kier alpha value is -2.36. The molecule has 0 fully saturated rings. The molecule has 2 aromatic rings. The summed E-state index contributed by atoms with van der Waals surface area (Å²) in [6.45, 7) is 0. The lowest BCUT2D eigenvalue weighted by molar-refractivity contribution is 0.403. The molecular weight excluding hydrogens is 206 g/mol. The third-order valence-electron chi connectivity index (χ3n) is 2.47. The van der Waals surface area contributed by atoms with Crippen LogP contribution in [0.25, 0.3) is 0 Å². The number of anilines is 2. The Kier molecular flexibility index (Phi) is 1.71. The second kappa shape index (κ2) is 3.06. The van der Waals surface area contributed by atoms with E-state index in [4.69, 9.17) is 4.74 Å². The van der Waals surface area contributed by atoms with Crippen molar-refractivity contribution < 1.29 is 14.9 Å². The molecule has 2 aromatic carbocycles. The maximum Gasteiger partial charge on any atom is 0.196 e. The number of aromatic hydroxyl groups is 2. The average Bonchev–Trinajstić information content (AvgIpc) is 2.32. The largest absolute Gasteiger partial charge is 0.506 e. The SMILES string of the molecule is Oc1ccc(O)c2c1Nc1ccccc1O2. The van der Waals surface area contributed by atoms with Gasteiger partial charge in [-0.25, -0.2) is 0 Å². The molecule has 0 saturated carbocycles. The highest BCUT2D eigenvalue weighted by Gasteiger charge is 2.21. The van der Waals surface area contributed by atoms with E-state index >= 15 is 0 Å². The van der Waals surface area contributed by atoms with Crippen LogP contribution in [0.3, 0.4) is 0 Å². The van der Waals surface area contributed by atoms with Gasteiger partial charge < -0.3 is 20.3 Å². The quantitative estimate of drug-likeness (QED) is 0.398. The molecule has 0 unspecified atom stereocenters. The molecule has 16 heavy (non-hydrogen) atoms. The van der Waals surface area contributed by atoms with Crippen molar-refractivity contribution in [3.05, 3.63) is 36.4 Å². The molecular formula is C12H9NO3. The number of para-hydroxylation sites is 2. The first-order valence-electron chi connectivity index (χ1n) is 4.84. The molecule has 1 aliphatic heterocycles. The van der Waals surface area contributed by atoms with E-state index < -0.39 is 0 Å². The maximum atomic E-state index is 9.65. The lowest BCUT2D eigenvalue weighted by Gasteiger charge is -2.22. The number of hydrogen-bond acceptors (Lipinski definition) is 4. The van der Waals surface area contributed by atoms with Gasteiger partial charge >= 0.3 is 0 Å². The summed E-state index contributed by atoms with van der Waals surface area (Å²) < 4.78 is 5.52. The van der Waals surface area contributed by atoms with Crippen molar-refractivity contribution in [2.75, 3.05) is 5.32 Å². The summed E-state index contributed by atoms with van der Waals surface area (Å²) in [5, 5.41) is 22.3. The number of ether oxygens (including phenoxy) is 1. The lowest BCUT2D eigenvalue weighted by atomic mass is 10.2. The fourth-order valence-electron chi connectivity index (χ4n) is 1.69. The van der Waals surface area contributed by atoms with Gasteiger partial charge in [0.25, 0.3) is 0 Å². The van der Waals surface area contributed by atoms with E-state index in [1.165, 1.54) is 12.1 Å². The molecule has 0 radical (unpaired) electrons. The zero-order valence-corrected chi connectivity index (χ0v) is 8.27. The predicted octanol–water partition coefficient (Wildman–Crippen LogP) is 2.95. The first-order valence-corrected chi connectivity index (χ1v) is 4.84. The number of benzene rings is 2. The van der Waals surface area contributed by atoms with Crippen LogP contribution in [-0.2, 0) is 0 Å². The van der Waals surface area contributed by atoms with Crippen LogP contribution in [0.2, 0.25) is 0 Å². The van der Waals surface area contributed by atoms with Crippen molar-refractivity contribution in [2.24, 2.45) is 0 Å². The highest BCUT2D eigenvalue weighted by atomic mass is 16.5. The van der Waals surface area contributed by atoms with Crippen LogP contribution in [-0.4, -0.2) is 10.2 Å². The van der Waals surface area contributed by atoms with E-state index in [2.05, 4.69) is 5.32 Å². The minimum atomic E-state index is -0.00481. The number of phenolic OH excluding ortho intramolecular Hbond substituents is 2. The molecule has 0 aromatic heterocycles. The van der Waals surface area contributed by atoms with Gasteiger partial charge in [0.1, 0.15) is 11.4 Å². The Labute approximate surface area is 91.7 Å². The van der Waals surface area contributed by atoms with Gasteiger partial charge in [-0.1, -0.05) is 12.1 Å². The Morgan fingerprint density at radius 1 is 0.938 bits per heavy atom. The lowest BCUT2D eigenvalue weighted by Crippen LogP contribution is -2.02. The smallest absolute Gasteiger partial charge is 0.196 e. The third kappa shape index (κ3) is 1.16. The summed E-state index contributed by atoms with van der Waals surface area (Å²) in [7, 11) is 0. The molecule has 0 atom stereocenters. The van der Waals surface area contributed by atoms with Crippen LogP contribution in [0.1, 0.15) is 0 Å². The Bertz CT molecular complexity index is 516. The van der Waals surface area contributed by atoms with Gasteiger partial charge in [0, 0.05) is 0 Å². The van der Waals surface area contributed by atoms with Gasteiger partial charge in [-0.2, -0.15) is 0 Å². The summed E-state index contributed by atoms with van der Waals surface area (Å²) in [6, 6.07) is 10.1.